The molecule has 0 bridgehead atoms. The van der Waals surface area contributed by atoms with Crippen LogP contribution in [0.1, 0.15) is 30.0 Å². The molecule has 0 saturated heterocycles. The van der Waals surface area contributed by atoms with Gasteiger partial charge in [0.2, 0.25) is 0 Å². The highest BCUT2D eigenvalue weighted by Crippen LogP contribution is 2.30. The maximum absolute atomic E-state index is 13.1. The molecule has 0 amide bonds. The number of benzene rings is 1. The van der Waals surface area contributed by atoms with E-state index in [1.807, 2.05) is 6.07 Å². The van der Waals surface area contributed by atoms with E-state index in [-0.39, 0.29) is 11.9 Å². The zero-order valence-electron chi connectivity index (χ0n) is 9.10. The van der Waals surface area contributed by atoms with E-state index < -0.39 is 0 Å². The average molecular weight is 240 g/mol. The molecule has 0 aliphatic heterocycles. The Balaban J connectivity index is 2.16. The molecule has 86 valence electrons. The molecule has 0 spiro atoms. The predicted octanol–water partition coefficient (Wildman–Crippen LogP) is 3.55. The van der Waals surface area contributed by atoms with Gasteiger partial charge < -0.3 is 5.32 Å². The molecule has 1 aromatic carbocycles. The molecule has 0 heterocycles. The molecule has 1 aliphatic rings. The Labute approximate surface area is 100 Å². The molecule has 1 aromatic rings. The van der Waals surface area contributed by atoms with E-state index in [0.29, 0.717) is 11.6 Å². The number of aryl methyl sites for hydroxylation is 1. The van der Waals surface area contributed by atoms with Gasteiger partial charge in [0.25, 0.3) is 0 Å². The molecule has 1 N–H and O–H groups in total. The maximum atomic E-state index is 13.1. The Morgan fingerprint density at radius 1 is 1.56 bits per heavy atom. The van der Waals surface area contributed by atoms with Crippen molar-refractivity contribution in [1.29, 1.82) is 0 Å². The summed E-state index contributed by atoms with van der Waals surface area (Å²) in [4.78, 5) is 0. The highest BCUT2D eigenvalue weighted by atomic mass is 35.5. The van der Waals surface area contributed by atoms with Gasteiger partial charge in [-0.15, -0.1) is 0 Å². The first-order chi connectivity index (χ1) is 7.66. The fraction of sp³-hybridized carbons (Fsp3) is 0.385. The van der Waals surface area contributed by atoms with Gasteiger partial charge in [-0.05, 0) is 42.5 Å². The number of halogens is 2. The SMILES string of the molecule is C=C(Cl)CNC1CCCc2cc(F)ccc21. The highest BCUT2D eigenvalue weighted by Gasteiger charge is 2.19. The Kier molecular flexibility index (Phi) is 3.62. The molecule has 0 aromatic heterocycles. The second-order valence-electron chi connectivity index (χ2n) is 4.19. The minimum Gasteiger partial charge on any atom is -0.305 e. The van der Waals surface area contributed by atoms with Crippen molar-refractivity contribution in [2.45, 2.75) is 25.3 Å². The molecule has 0 saturated carbocycles. The normalized spacial score (nSPS) is 19.2. The molecule has 1 nitrogen and oxygen atoms in total. The molecule has 0 radical (unpaired) electrons. The van der Waals surface area contributed by atoms with Crippen molar-refractivity contribution in [3.05, 3.63) is 46.8 Å². The number of hydrogen-bond acceptors (Lipinski definition) is 1. The molecule has 0 fully saturated rings. The summed E-state index contributed by atoms with van der Waals surface area (Å²) in [5.74, 6) is -0.152. The van der Waals surface area contributed by atoms with Crippen molar-refractivity contribution in [1.82, 2.24) is 5.32 Å². The zero-order chi connectivity index (χ0) is 11.5. The Morgan fingerprint density at radius 3 is 3.12 bits per heavy atom. The van der Waals surface area contributed by atoms with Crippen LogP contribution >= 0.6 is 11.6 Å². The minimum atomic E-state index is -0.152. The monoisotopic (exact) mass is 239 g/mol. The van der Waals surface area contributed by atoms with Crippen molar-refractivity contribution in [3.8, 4) is 0 Å². The van der Waals surface area contributed by atoms with E-state index in [1.54, 1.807) is 6.07 Å². The number of hydrogen-bond donors (Lipinski definition) is 1. The summed E-state index contributed by atoms with van der Waals surface area (Å²) in [7, 11) is 0. The molecular formula is C13H15ClFN. The second kappa shape index (κ2) is 4.98. The largest absolute Gasteiger partial charge is 0.305 e. The van der Waals surface area contributed by atoms with E-state index in [2.05, 4.69) is 11.9 Å². The quantitative estimate of drug-likeness (QED) is 0.851. The summed E-state index contributed by atoms with van der Waals surface area (Å²) in [5.41, 5.74) is 2.31. The lowest BCUT2D eigenvalue weighted by Gasteiger charge is -2.26. The van der Waals surface area contributed by atoms with Gasteiger partial charge in [0.15, 0.2) is 0 Å². The van der Waals surface area contributed by atoms with Gasteiger partial charge in [0.1, 0.15) is 5.82 Å². The third-order valence-electron chi connectivity index (χ3n) is 2.96. The lowest BCUT2D eigenvalue weighted by Crippen LogP contribution is -2.26. The summed E-state index contributed by atoms with van der Waals surface area (Å²) >= 11 is 5.73. The van der Waals surface area contributed by atoms with Gasteiger partial charge in [-0.2, -0.15) is 0 Å². The van der Waals surface area contributed by atoms with E-state index in [4.69, 9.17) is 11.6 Å². The van der Waals surface area contributed by atoms with Crippen LogP contribution in [-0.2, 0) is 6.42 Å². The van der Waals surface area contributed by atoms with Crippen LogP contribution in [0.25, 0.3) is 0 Å². The Morgan fingerprint density at radius 2 is 2.38 bits per heavy atom. The van der Waals surface area contributed by atoms with E-state index >= 15 is 0 Å². The summed E-state index contributed by atoms with van der Waals surface area (Å²) < 4.78 is 13.1. The highest BCUT2D eigenvalue weighted by molar-refractivity contribution is 6.29. The summed E-state index contributed by atoms with van der Waals surface area (Å²) in [5, 5.41) is 3.95. The van der Waals surface area contributed by atoms with Crippen LogP contribution < -0.4 is 5.32 Å². The van der Waals surface area contributed by atoms with Crippen LogP contribution in [0.2, 0.25) is 0 Å². The van der Waals surface area contributed by atoms with E-state index in [1.165, 1.54) is 11.6 Å². The van der Waals surface area contributed by atoms with Crippen LogP contribution in [0.4, 0.5) is 4.39 Å². The standard InChI is InChI=1S/C13H15ClFN/c1-9(14)8-16-13-4-2-3-10-7-11(15)5-6-12(10)13/h5-7,13,16H,1-4,8H2. The third-order valence-corrected chi connectivity index (χ3v) is 3.09. The number of fused-ring (bicyclic) bond motifs is 1. The van der Waals surface area contributed by atoms with E-state index in [9.17, 15) is 4.39 Å². The second-order valence-corrected chi connectivity index (χ2v) is 4.72. The molecule has 2 rings (SSSR count). The van der Waals surface area contributed by atoms with Crippen molar-refractivity contribution in [2.24, 2.45) is 0 Å². The fourth-order valence-corrected chi connectivity index (χ4v) is 2.31. The third kappa shape index (κ3) is 2.63. The predicted molar refractivity (Wildman–Crippen MR) is 65.1 cm³/mol. The van der Waals surface area contributed by atoms with E-state index in [0.717, 1.165) is 24.8 Å². The van der Waals surface area contributed by atoms with Crippen molar-refractivity contribution in [3.63, 3.8) is 0 Å². The van der Waals surface area contributed by atoms with Crippen LogP contribution in [0.5, 0.6) is 0 Å². The number of nitrogens with one attached hydrogen (secondary N) is 1. The first-order valence-electron chi connectivity index (χ1n) is 5.52. The zero-order valence-corrected chi connectivity index (χ0v) is 9.86. The van der Waals surface area contributed by atoms with Gasteiger partial charge in [0, 0.05) is 17.6 Å². The lowest BCUT2D eigenvalue weighted by molar-refractivity contribution is 0.476. The summed E-state index contributed by atoms with van der Waals surface area (Å²) in [6.45, 7) is 4.25. The smallest absolute Gasteiger partial charge is 0.123 e. The van der Waals surface area contributed by atoms with Crippen molar-refractivity contribution >= 4 is 11.6 Å². The molecule has 1 aliphatic carbocycles. The number of rotatable bonds is 3. The maximum Gasteiger partial charge on any atom is 0.123 e. The Bertz CT molecular complexity index is 403. The van der Waals surface area contributed by atoms with Gasteiger partial charge in [-0.1, -0.05) is 24.2 Å². The van der Waals surface area contributed by atoms with Crippen molar-refractivity contribution in [2.75, 3.05) is 6.54 Å². The van der Waals surface area contributed by atoms with Gasteiger partial charge in [-0.3, -0.25) is 0 Å². The van der Waals surface area contributed by atoms with Gasteiger partial charge >= 0.3 is 0 Å². The van der Waals surface area contributed by atoms with Crippen molar-refractivity contribution < 1.29 is 4.39 Å². The summed E-state index contributed by atoms with van der Waals surface area (Å²) in [6, 6.07) is 5.31. The lowest BCUT2D eigenvalue weighted by atomic mass is 9.87. The Hall–Kier alpha value is -0.860. The van der Waals surface area contributed by atoms with Gasteiger partial charge in [-0.25, -0.2) is 4.39 Å². The minimum absolute atomic E-state index is 0.152. The average Bonchev–Trinajstić information content (AvgIpc) is 2.25. The first-order valence-corrected chi connectivity index (χ1v) is 5.89. The first kappa shape index (κ1) is 11.6. The molecule has 1 unspecified atom stereocenters. The van der Waals surface area contributed by atoms with Crippen LogP contribution in [0.15, 0.2) is 29.8 Å². The van der Waals surface area contributed by atoms with Crippen LogP contribution in [0, 0.1) is 5.82 Å². The van der Waals surface area contributed by atoms with Crippen LogP contribution in [0.3, 0.4) is 0 Å². The molecular weight excluding hydrogens is 225 g/mol. The molecule has 16 heavy (non-hydrogen) atoms. The molecule has 1 atom stereocenters. The molecule has 3 heteroatoms. The topological polar surface area (TPSA) is 12.0 Å². The van der Waals surface area contributed by atoms with Crippen LogP contribution in [-0.4, -0.2) is 6.54 Å². The van der Waals surface area contributed by atoms with Gasteiger partial charge in [0.05, 0.1) is 0 Å². The fourth-order valence-electron chi connectivity index (χ4n) is 2.23. The summed E-state index contributed by atoms with van der Waals surface area (Å²) in [6.07, 6.45) is 3.12.